The maximum atomic E-state index is 12.8. The molecule has 1 atom stereocenters. The number of piperidine rings is 1. The van der Waals surface area contributed by atoms with Gasteiger partial charge in [-0.05, 0) is 82.0 Å². The number of fused-ring (bicyclic) bond motifs is 1. The third kappa shape index (κ3) is 6.49. The van der Waals surface area contributed by atoms with Crippen molar-refractivity contribution in [3.05, 3.63) is 18.2 Å². The molecule has 2 heterocycles. The highest BCUT2D eigenvalue weighted by atomic mass is 32.2. The Morgan fingerprint density at radius 1 is 1.18 bits per heavy atom. The summed E-state index contributed by atoms with van der Waals surface area (Å²) in [6.45, 7) is 6.86. The summed E-state index contributed by atoms with van der Waals surface area (Å²) in [7, 11) is -3.64. The summed E-state index contributed by atoms with van der Waals surface area (Å²) in [5, 5.41) is 3.12. The van der Waals surface area contributed by atoms with Crippen molar-refractivity contribution < 1.29 is 13.2 Å². The number of likely N-dealkylation sites (tertiary alicyclic amines) is 1. The second-order valence-electron chi connectivity index (χ2n) is 9.65. The highest BCUT2D eigenvalue weighted by Gasteiger charge is 2.28. The number of nitrogens with one attached hydrogen (secondary N) is 2. The molecule has 0 spiro atoms. The summed E-state index contributed by atoms with van der Waals surface area (Å²) in [5.74, 6) is 1.23. The zero-order valence-electron chi connectivity index (χ0n) is 19.3. The summed E-state index contributed by atoms with van der Waals surface area (Å²) in [6, 6.07) is 5.02. The van der Waals surface area contributed by atoms with Crippen LogP contribution < -0.4 is 10.0 Å². The number of hydrogen-bond acceptors (Lipinski definition) is 7. The van der Waals surface area contributed by atoms with Crippen LogP contribution in [0.2, 0.25) is 0 Å². The van der Waals surface area contributed by atoms with E-state index in [0.29, 0.717) is 17.6 Å². The predicted molar refractivity (Wildman–Crippen MR) is 131 cm³/mol. The minimum Gasteiger partial charge on any atom is -0.356 e. The minimum atomic E-state index is -3.64. The van der Waals surface area contributed by atoms with E-state index in [9.17, 15) is 13.2 Å². The number of benzene rings is 1. The van der Waals surface area contributed by atoms with Gasteiger partial charge in [0.15, 0.2) is 0 Å². The molecule has 1 amide bonds. The van der Waals surface area contributed by atoms with Crippen molar-refractivity contribution in [2.45, 2.75) is 56.8 Å². The first-order chi connectivity index (χ1) is 15.9. The van der Waals surface area contributed by atoms with Gasteiger partial charge in [-0.1, -0.05) is 13.0 Å². The van der Waals surface area contributed by atoms with Crippen molar-refractivity contribution in [3.8, 4) is 0 Å². The minimum absolute atomic E-state index is 0.0442. The maximum absolute atomic E-state index is 12.8. The molecular formula is C23H35N5O3S2. The molecule has 182 valence electrons. The Balaban J connectivity index is 1.16. The third-order valence-electron chi connectivity index (χ3n) is 7.01. The molecule has 1 aromatic heterocycles. The van der Waals surface area contributed by atoms with Gasteiger partial charge in [-0.3, -0.25) is 4.79 Å². The largest absolute Gasteiger partial charge is 0.356 e. The Labute approximate surface area is 200 Å². The molecule has 2 aromatic rings. The van der Waals surface area contributed by atoms with E-state index >= 15 is 0 Å². The zero-order chi connectivity index (χ0) is 23.3. The fourth-order valence-electron chi connectivity index (χ4n) is 5.08. The van der Waals surface area contributed by atoms with Gasteiger partial charge in [-0.2, -0.15) is 8.75 Å². The molecule has 1 aromatic carbocycles. The van der Waals surface area contributed by atoms with Crippen molar-refractivity contribution >= 4 is 38.7 Å². The van der Waals surface area contributed by atoms with Gasteiger partial charge < -0.3 is 10.2 Å². The zero-order valence-corrected chi connectivity index (χ0v) is 21.0. The summed E-state index contributed by atoms with van der Waals surface area (Å²) >= 11 is 1.01. The maximum Gasteiger partial charge on any atom is 0.242 e. The van der Waals surface area contributed by atoms with Crippen molar-refractivity contribution in [2.75, 3.05) is 32.7 Å². The van der Waals surface area contributed by atoms with Crippen LogP contribution in [0.5, 0.6) is 0 Å². The molecule has 2 N–H and O–H groups in total. The summed E-state index contributed by atoms with van der Waals surface area (Å²) in [4.78, 5) is 15.3. The summed E-state index contributed by atoms with van der Waals surface area (Å²) < 4.78 is 36.6. The van der Waals surface area contributed by atoms with Crippen molar-refractivity contribution in [2.24, 2.45) is 17.8 Å². The third-order valence-corrected chi connectivity index (χ3v) is 9.01. The monoisotopic (exact) mass is 493 g/mol. The normalized spacial score (nSPS) is 24.7. The van der Waals surface area contributed by atoms with Crippen molar-refractivity contribution in [1.29, 1.82) is 0 Å². The average Bonchev–Trinajstić information content (AvgIpc) is 3.30. The number of amides is 1. The lowest BCUT2D eigenvalue weighted by atomic mass is 9.81. The standard InChI is InChI=1S/C23H35N5O3S2/c1-17-5-3-13-28(16-17)14-4-12-24-23(29)19-10-8-18(9-11-19)15-25-33(30,31)21-7-2-6-20-22(21)27-32-26-20/h2,6-7,17-19,25H,3-5,8-16H2,1H3,(H,24,29)/t17-,18?,19?/m0/s1. The first-order valence-corrected chi connectivity index (χ1v) is 14.3. The molecule has 1 saturated heterocycles. The van der Waals surface area contributed by atoms with E-state index in [2.05, 4.69) is 30.6 Å². The topological polar surface area (TPSA) is 104 Å². The first-order valence-electron chi connectivity index (χ1n) is 12.1. The molecule has 1 aliphatic carbocycles. The molecule has 0 radical (unpaired) electrons. The van der Waals surface area contributed by atoms with Crippen molar-refractivity contribution in [3.63, 3.8) is 0 Å². The smallest absolute Gasteiger partial charge is 0.242 e. The van der Waals surface area contributed by atoms with E-state index in [1.807, 2.05) is 0 Å². The quantitative estimate of drug-likeness (QED) is 0.521. The van der Waals surface area contributed by atoms with E-state index < -0.39 is 10.0 Å². The molecule has 1 saturated carbocycles. The van der Waals surface area contributed by atoms with Crippen LogP contribution in [0.3, 0.4) is 0 Å². The van der Waals surface area contributed by atoms with Crippen LogP contribution >= 0.6 is 11.7 Å². The Bertz CT molecular complexity index is 1030. The number of carbonyl (C=O) groups excluding carboxylic acids is 1. The SMILES string of the molecule is C[C@H]1CCCN(CCCNC(=O)C2CCC(CNS(=O)(=O)c3cccc4nsnc34)CC2)C1. The fourth-order valence-corrected chi connectivity index (χ4v) is 6.96. The number of rotatable bonds is 9. The number of aromatic nitrogens is 2. The van der Waals surface area contributed by atoms with Crippen LogP contribution in [0.15, 0.2) is 23.1 Å². The van der Waals surface area contributed by atoms with Gasteiger partial charge in [0.25, 0.3) is 0 Å². The van der Waals surface area contributed by atoms with Crippen LogP contribution in [-0.4, -0.2) is 60.7 Å². The van der Waals surface area contributed by atoms with Crippen LogP contribution in [0.25, 0.3) is 11.0 Å². The predicted octanol–water partition coefficient (Wildman–Crippen LogP) is 3.01. The second kappa shape index (κ2) is 11.2. The van der Waals surface area contributed by atoms with Crippen LogP contribution in [0.4, 0.5) is 0 Å². The highest BCUT2D eigenvalue weighted by molar-refractivity contribution is 7.89. The fraction of sp³-hybridized carbons (Fsp3) is 0.696. The Hall–Kier alpha value is -1.62. The van der Waals surface area contributed by atoms with E-state index in [0.717, 1.165) is 62.8 Å². The van der Waals surface area contributed by atoms with E-state index in [4.69, 9.17) is 0 Å². The lowest BCUT2D eigenvalue weighted by Crippen LogP contribution is -2.38. The second-order valence-corrected chi connectivity index (χ2v) is 11.9. The van der Waals surface area contributed by atoms with Crippen molar-refractivity contribution in [1.82, 2.24) is 23.7 Å². The average molecular weight is 494 g/mol. The number of hydrogen-bond donors (Lipinski definition) is 2. The summed E-state index contributed by atoms with van der Waals surface area (Å²) in [5.41, 5.74) is 1.02. The molecule has 1 aliphatic heterocycles. The summed E-state index contributed by atoms with van der Waals surface area (Å²) in [6.07, 6.45) is 6.95. The molecule has 0 bridgehead atoms. The molecule has 0 unspecified atom stereocenters. The number of nitrogens with zero attached hydrogens (tertiary/aromatic N) is 3. The van der Waals surface area contributed by atoms with Gasteiger partial charge in [0.05, 0.1) is 11.7 Å². The van der Waals surface area contributed by atoms with E-state index in [-0.39, 0.29) is 22.6 Å². The Kier molecular flexibility index (Phi) is 8.32. The molecule has 10 heteroatoms. The molecule has 2 aliphatic rings. The molecular weight excluding hydrogens is 458 g/mol. The van der Waals surface area contributed by atoms with Crippen LogP contribution in [-0.2, 0) is 14.8 Å². The Morgan fingerprint density at radius 3 is 2.79 bits per heavy atom. The lowest BCUT2D eigenvalue weighted by Gasteiger charge is -2.31. The molecule has 4 rings (SSSR count). The highest BCUT2D eigenvalue weighted by Crippen LogP contribution is 2.29. The molecule has 33 heavy (non-hydrogen) atoms. The van der Waals surface area contributed by atoms with E-state index in [1.54, 1.807) is 18.2 Å². The van der Waals surface area contributed by atoms with Gasteiger partial charge in [-0.25, -0.2) is 13.1 Å². The van der Waals surface area contributed by atoms with Crippen LogP contribution in [0, 0.1) is 17.8 Å². The van der Waals surface area contributed by atoms with Gasteiger partial charge in [-0.15, -0.1) is 0 Å². The van der Waals surface area contributed by atoms with Gasteiger partial charge in [0, 0.05) is 25.6 Å². The molecule has 8 nitrogen and oxygen atoms in total. The van der Waals surface area contributed by atoms with Crippen LogP contribution in [0.1, 0.15) is 51.9 Å². The van der Waals surface area contributed by atoms with Gasteiger partial charge in [0.1, 0.15) is 15.9 Å². The molecule has 2 fully saturated rings. The van der Waals surface area contributed by atoms with Gasteiger partial charge >= 0.3 is 0 Å². The van der Waals surface area contributed by atoms with Gasteiger partial charge in [0.2, 0.25) is 15.9 Å². The number of carbonyl (C=O) groups is 1. The first kappa shape index (κ1) is 24.5. The number of sulfonamides is 1. The van der Waals surface area contributed by atoms with E-state index in [1.165, 1.54) is 25.9 Å². The lowest BCUT2D eigenvalue weighted by molar-refractivity contribution is -0.126. The Morgan fingerprint density at radius 2 is 2.00 bits per heavy atom.